The number of thiophene rings is 1. The Morgan fingerprint density at radius 3 is 2.92 bits per heavy atom. The molecule has 62 valence electrons. The molecule has 0 aliphatic carbocycles. The van der Waals surface area contributed by atoms with Crippen LogP contribution in [0.1, 0.15) is 0 Å². The molecule has 0 amide bonds. The van der Waals surface area contributed by atoms with E-state index in [2.05, 4.69) is 0 Å². The van der Waals surface area contributed by atoms with Crippen LogP contribution < -0.4 is 5.73 Å². The molecular formula is C8H6FNOS. The van der Waals surface area contributed by atoms with Gasteiger partial charge in [0.2, 0.25) is 0 Å². The fourth-order valence-corrected chi connectivity index (χ4v) is 1.96. The van der Waals surface area contributed by atoms with Crippen LogP contribution in [0.3, 0.4) is 0 Å². The lowest BCUT2D eigenvalue weighted by atomic mass is 10.2. The molecule has 0 spiro atoms. The molecule has 1 heterocycles. The molecule has 4 heteroatoms. The summed E-state index contributed by atoms with van der Waals surface area (Å²) in [6.07, 6.45) is 0. The summed E-state index contributed by atoms with van der Waals surface area (Å²) >= 11 is 1.31. The highest BCUT2D eigenvalue weighted by Gasteiger charge is 2.06. The van der Waals surface area contributed by atoms with Gasteiger partial charge in [0.1, 0.15) is 11.6 Å². The Morgan fingerprint density at radius 2 is 2.17 bits per heavy atom. The molecule has 1 aromatic carbocycles. The van der Waals surface area contributed by atoms with E-state index < -0.39 is 5.82 Å². The van der Waals surface area contributed by atoms with E-state index in [1.54, 1.807) is 5.38 Å². The predicted octanol–water partition coefficient (Wildman–Crippen LogP) is 2.33. The lowest BCUT2D eigenvalue weighted by molar-refractivity contribution is 0.476. The third kappa shape index (κ3) is 0.921. The predicted molar refractivity (Wildman–Crippen MR) is 47.9 cm³/mol. The van der Waals surface area contributed by atoms with Crippen molar-refractivity contribution in [3.63, 3.8) is 0 Å². The summed E-state index contributed by atoms with van der Waals surface area (Å²) in [5, 5.41) is 11.5. The van der Waals surface area contributed by atoms with Crippen molar-refractivity contribution < 1.29 is 9.50 Å². The minimum absolute atomic E-state index is 0.0494. The minimum atomic E-state index is -0.468. The van der Waals surface area contributed by atoms with Gasteiger partial charge in [-0.25, -0.2) is 4.39 Å². The number of hydrogen-bond donors (Lipinski definition) is 2. The molecule has 0 fully saturated rings. The van der Waals surface area contributed by atoms with Crippen molar-refractivity contribution in [3.8, 4) is 5.75 Å². The summed E-state index contributed by atoms with van der Waals surface area (Å²) in [5.41, 5.74) is 6.05. The third-order valence-corrected chi connectivity index (χ3v) is 2.69. The van der Waals surface area contributed by atoms with Crippen LogP contribution in [0.25, 0.3) is 10.1 Å². The number of fused-ring (bicyclic) bond motifs is 1. The van der Waals surface area contributed by atoms with E-state index >= 15 is 0 Å². The van der Waals surface area contributed by atoms with Gasteiger partial charge in [-0.1, -0.05) is 0 Å². The van der Waals surface area contributed by atoms with Gasteiger partial charge in [0.15, 0.2) is 0 Å². The summed E-state index contributed by atoms with van der Waals surface area (Å²) < 4.78 is 13.4. The van der Waals surface area contributed by atoms with Gasteiger partial charge in [0.25, 0.3) is 0 Å². The lowest BCUT2D eigenvalue weighted by Crippen LogP contribution is -1.81. The number of benzene rings is 1. The quantitative estimate of drug-likeness (QED) is 0.658. The van der Waals surface area contributed by atoms with Crippen LogP contribution in [-0.4, -0.2) is 5.11 Å². The van der Waals surface area contributed by atoms with Gasteiger partial charge >= 0.3 is 0 Å². The normalized spacial score (nSPS) is 10.8. The maximum atomic E-state index is 12.7. The number of phenolic OH excluding ortho intramolecular Hbond substituents is 1. The number of nitrogens with two attached hydrogens (primary N) is 1. The van der Waals surface area contributed by atoms with Crippen molar-refractivity contribution >= 4 is 27.1 Å². The van der Waals surface area contributed by atoms with E-state index in [-0.39, 0.29) is 5.75 Å². The van der Waals surface area contributed by atoms with Gasteiger partial charge in [-0.05, 0) is 6.07 Å². The monoisotopic (exact) mass is 183 g/mol. The Morgan fingerprint density at radius 1 is 1.42 bits per heavy atom. The molecule has 0 bridgehead atoms. The van der Waals surface area contributed by atoms with Crippen molar-refractivity contribution in [1.82, 2.24) is 0 Å². The maximum Gasteiger partial charge on any atom is 0.136 e. The molecule has 2 rings (SSSR count). The number of halogens is 1. The van der Waals surface area contributed by atoms with Crippen molar-refractivity contribution in [2.24, 2.45) is 0 Å². The first kappa shape index (κ1) is 7.36. The van der Waals surface area contributed by atoms with Gasteiger partial charge < -0.3 is 10.8 Å². The molecule has 0 radical (unpaired) electrons. The van der Waals surface area contributed by atoms with Gasteiger partial charge in [-0.15, -0.1) is 11.3 Å². The molecule has 0 atom stereocenters. The standard InChI is InChI=1S/C8H6FNOS/c9-4-1-5-6(10)3-12-8(5)7(11)2-4/h1-3,11H,10H2. The maximum absolute atomic E-state index is 12.7. The fourth-order valence-electron chi connectivity index (χ4n) is 1.10. The number of hydrogen-bond acceptors (Lipinski definition) is 3. The van der Waals surface area contributed by atoms with Crippen LogP contribution >= 0.6 is 11.3 Å². The zero-order valence-corrected chi connectivity index (χ0v) is 6.86. The molecule has 0 aliphatic rings. The zero-order chi connectivity index (χ0) is 8.72. The molecule has 1 aromatic heterocycles. The summed E-state index contributed by atoms with van der Waals surface area (Å²) in [7, 11) is 0. The average molecular weight is 183 g/mol. The molecule has 12 heavy (non-hydrogen) atoms. The largest absolute Gasteiger partial charge is 0.506 e. The van der Waals surface area contributed by atoms with E-state index in [9.17, 15) is 9.50 Å². The number of rotatable bonds is 0. The van der Waals surface area contributed by atoms with Crippen LogP contribution in [0.4, 0.5) is 10.1 Å². The van der Waals surface area contributed by atoms with Crippen LogP contribution in [0.15, 0.2) is 17.5 Å². The summed E-state index contributed by atoms with van der Waals surface area (Å²) in [6.45, 7) is 0. The summed E-state index contributed by atoms with van der Waals surface area (Å²) in [5.74, 6) is -0.517. The van der Waals surface area contributed by atoms with Crippen LogP contribution in [0, 0.1) is 5.82 Å². The first-order valence-electron chi connectivity index (χ1n) is 3.33. The van der Waals surface area contributed by atoms with Crippen molar-refractivity contribution in [2.45, 2.75) is 0 Å². The molecule has 0 aliphatic heterocycles. The molecule has 2 nitrogen and oxygen atoms in total. The minimum Gasteiger partial charge on any atom is -0.506 e. The van der Waals surface area contributed by atoms with Crippen LogP contribution in [0.5, 0.6) is 5.75 Å². The van der Waals surface area contributed by atoms with Crippen LogP contribution in [0.2, 0.25) is 0 Å². The SMILES string of the molecule is Nc1csc2c(O)cc(F)cc12. The fraction of sp³-hybridized carbons (Fsp3) is 0. The van der Waals surface area contributed by atoms with Crippen LogP contribution in [-0.2, 0) is 0 Å². The van der Waals surface area contributed by atoms with Crippen molar-refractivity contribution in [1.29, 1.82) is 0 Å². The van der Waals surface area contributed by atoms with Gasteiger partial charge in [0.05, 0.1) is 10.4 Å². The first-order chi connectivity index (χ1) is 5.68. The highest BCUT2D eigenvalue weighted by molar-refractivity contribution is 7.18. The smallest absolute Gasteiger partial charge is 0.136 e. The highest BCUT2D eigenvalue weighted by Crippen LogP contribution is 2.35. The second-order valence-corrected chi connectivity index (χ2v) is 3.37. The number of aromatic hydroxyl groups is 1. The highest BCUT2D eigenvalue weighted by atomic mass is 32.1. The second kappa shape index (κ2) is 2.35. The molecular weight excluding hydrogens is 177 g/mol. The number of anilines is 1. The van der Waals surface area contributed by atoms with E-state index in [0.29, 0.717) is 15.8 Å². The van der Waals surface area contributed by atoms with E-state index in [1.807, 2.05) is 0 Å². The van der Waals surface area contributed by atoms with Crippen molar-refractivity contribution in [3.05, 3.63) is 23.3 Å². The molecule has 0 saturated heterocycles. The topological polar surface area (TPSA) is 46.2 Å². The zero-order valence-electron chi connectivity index (χ0n) is 6.04. The molecule has 0 saturated carbocycles. The molecule has 0 unspecified atom stereocenters. The number of phenols is 1. The van der Waals surface area contributed by atoms with Gasteiger partial charge in [-0.3, -0.25) is 0 Å². The first-order valence-corrected chi connectivity index (χ1v) is 4.21. The Bertz CT molecular complexity index is 438. The second-order valence-electron chi connectivity index (χ2n) is 2.49. The van der Waals surface area contributed by atoms with E-state index in [1.165, 1.54) is 17.4 Å². The Kier molecular flexibility index (Phi) is 1.44. The van der Waals surface area contributed by atoms with Gasteiger partial charge in [-0.2, -0.15) is 0 Å². The van der Waals surface area contributed by atoms with E-state index in [4.69, 9.17) is 5.73 Å². The Balaban J connectivity index is 2.92. The molecule has 3 N–H and O–H groups in total. The summed E-state index contributed by atoms with van der Waals surface area (Å²) in [4.78, 5) is 0. The Hall–Kier alpha value is -1.29. The number of nitrogen functional groups attached to an aromatic ring is 1. The average Bonchev–Trinajstić information content (AvgIpc) is 2.33. The van der Waals surface area contributed by atoms with Gasteiger partial charge in [0, 0.05) is 16.8 Å². The van der Waals surface area contributed by atoms with E-state index in [0.717, 1.165) is 6.07 Å². The third-order valence-electron chi connectivity index (χ3n) is 1.65. The lowest BCUT2D eigenvalue weighted by Gasteiger charge is -1.95. The summed E-state index contributed by atoms with van der Waals surface area (Å²) in [6, 6.07) is 2.40. The van der Waals surface area contributed by atoms with Crippen molar-refractivity contribution in [2.75, 3.05) is 5.73 Å². The Labute approximate surface area is 72.1 Å². The molecule has 2 aromatic rings.